The van der Waals surface area contributed by atoms with Crippen LogP contribution in [0.2, 0.25) is 0 Å². The molecule has 0 bridgehead atoms. The number of nitrogens with one attached hydrogen (secondary N) is 1. The number of rotatable bonds is 6. The van der Waals surface area contributed by atoms with Gasteiger partial charge in [-0.2, -0.15) is 0 Å². The molecule has 0 unspecified atom stereocenters. The van der Waals surface area contributed by atoms with Crippen LogP contribution in [-0.4, -0.2) is 31.4 Å². The van der Waals surface area contributed by atoms with Crippen LogP contribution in [0, 0.1) is 19.8 Å². The van der Waals surface area contributed by atoms with Crippen molar-refractivity contribution in [1.82, 2.24) is 5.32 Å². The molecule has 1 heterocycles. The van der Waals surface area contributed by atoms with E-state index in [9.17, 15) is 14.4 Å². The molecule has 1 N–H and O–H groups in total. The first-order valence-corrected chi connectivity index (χ1v) is 11.4. The van der Waals surface area contributed by atoms with Crippen molar-refractivity contribution in [2.75, 3.05) is 23.4 Å². The maximum atomic E-state index is 13.2. The summed E-state index contributed by atoms with van der Waals surface area (Å²) in [6, 6.07) is 10.5. The fourth-order valence-corrected chi connectivity index (χ4v) is 4.02. The van der Waals surface area contributed by atoms with Crippen molar-refractivity contribution in [3.05, 3.63) is 63.1 Å². The molecule has 0 spiro atoms. The van der Waals surface area contributed by atoms with Crippen LogP contribution in [0.25, 0.3) is 6.08 Å². The van der Waals surface area contributed by atoms with Gasteiger partial charge in [-0.1, -0.05) is 26.0 Å². The molecule has 32 heavy (non-hydrogen) atoms. The predicted octanol–water partition coefficient (Wildman–Crippen LogP) is 5.21. The zero-order chi connectivity index (χ0) is 23.6. The summed E-state index contributed by atoms with van der Waals surface area (Å²) in [5.74, 6) is -0.726. The summed E-state index contributed by atoms with van der Waals surface area (Å²) in [4.78, 5) is 41.3. The molecule has 1 fully saturated rings. The first-order chi connectivity index (χ1) is 15.1. The number of hydrogen-bond acceptors (Lipinski definition) is 4. The van der Waals surface area contributed by atoms with Crippen molar-refractivity contribution in [2.45, 2.75) is 34.1 Å². The Kier molecular flexibility index (Phi) is 7.19. The number of halogens is 1. The Morgan fingerprint density at radius 3 is 2.31 bits per heavy atom. The molecular formula is C25H28BrN3O3. The lowest BCUT2D eigenvalue weighted by Crippen LogP contribution is -2.54. The van der Waals surface area contributed by atoms with Gasteiger partial charge in [0.15, 0.2) is 0 Å². The summed E-state index contributed by atoms with van der Waals surface area (Å²) in [7, 11) is 2.04. The van der Waals surface area contributed by atoms with E-state index in [0.717, 1.165) is 34.7 Å². The molecule has 0 aliphatic carbocycles. The van der Waals surface area contributed by atoms with Crippen molar-refractivity contribution in [3.8, 4) is 0 Å². The SMILES string of the molecule is Cc1cc(Br)c(N2C(=O)NC(=O)/C(=C/c3ccc(N(C)CCC(C)C)cc3)C2=O)cc1C. The van der Waals surface area contributed by atoms with Crippen LogP contribution in [0.3, 0.4) is 0 Å². The molecule has 0 atom stereocenters. The van der Waals surface area contributed by atoms with Gasteiger partial charge in [0, 0.05) is 23.8 Å². The number of amides is 4. The highest BCUT2D eigenvalue weighted by molar-refractivity contribution is 9.10. The lowest BCUT2D eigenvalue weighted by atomic mass is 10.0. The minimum Gasteiger partial charge on any atom is -0.375 e. The van der Waals surface area contributed by atoms with E-state index in [1.165, 1.54) is 6.08 Å². The molecule has 1 aliphatic heterocycles. The number of aryl methyl sites for hydroxylation is 2. The molecule has 4 amide bonds. The molecule has 6 nitrogen and oxygen atoms in total. The number of carbonyl (C=O) groups is 3. The largest absolute Gasteiger partial charge is 0.375 e. The maximum absolute atomic E-state index is 13.2. The Balaban J connectivity index is 1.89. The highest BCUT2D eigenvalue weighted by Crippen LogP contribution is 2.32. The smallest absolute Gasteiger partial charge is 0.335 e. The molecule has 0 saturated carbocycles. The van der Waals surface area contributed by atoms with E-state index in [1.807, 2.05) is 51.2 Å². The maximum Gasteiger partial charge on any atom is 0.335 e. The fourth-order valence-electron chi connectivity index (χ4n) is 3.39. The summed E-state index contributed by atoms with van der Waals surface area (Å²) in [5.41, 5.74) is 4.03. The van der Waals surface area contributed by atoms with Gasteiger partial charge in [0.25, 0.3) is 11.8 Å². The van der Waals surface area contributed by atoms with Crippen molar-refractivity contribution in [2.24, 2.45) is 5.92 Å². The first-order valence-electron chi connectivity index (χ1n) is 10.6. The fraction of sp³-hybridized carbons (Fsp3) is 0.320. The van der Waals surface area contributed by atoms with E-state index in [4.69, 9.17) is 0 Å². The molecule has 168 valence electrons. The van der Waals surface area contributed by atoms with Crippen LogP contribution in [0.4, 0.5) is 16.2 Å². The Labute approximate surface area is 197 Å². The average Bonchev–Trinajstić information content (AvgIpc) is 2.73. The lowest BCUT2D eigenvalue weighted by Gasteiger charge is -2.27. The van der Waals surface area contributed by atoms with E-state index < -0.39 is 17.8 Å². The van der Waals surface area contributed by atoms with Crippen molar-refractivity contribution in [1.29, 1.82) is 0 Å². The molecule has 0 radical (unpaired) electrons. The Morgan fingerprint density at radius 2 is 1.69 bits per heavy atom. The van der Waals surface area contributed by atoms with Gasteiger partial charge in [-0.15, -0.1) is 0 Å². The number of anilines is 2. The lowest BCUT2D eigenvalue weighted by molar-refractivity contribution is -0.122. The van der Waals surface area contributed by atoms with Gasteiger partial charge in [-0.05, 0) is 89.1 Å². The van der Waals surface area contributed by atoms with E-state index in [0.29, 0.717) is 21.6 Å². The highest BCUT2D eigenvalue weighted by atomic mass is 79.9. The second kappa shape index (κ2) is 9.69. The molecule has 0 aromatic heterocycles. The van der Waals surface area contributed by atoms with E-state index in [1.54, 1.807) is 6.07 Å². The molecule has 7 heteroatoms. The Morgan fingerprint density at radius 1 is 1.06 bits per heavy atom. The number of barbiturate groups is 1. The molecule has 1 saturated heterocycles. The van der Waals surface area contributed by atoms with Crippen LogP contribution in [0.5, 0.6) is 0 Å². The summed E-state index contributed by atoms with van der Waals surface area (Å²) >= 11 is 3.43. The van der Waals surface area contributed by atoms with Crippen molar-refractivity contribution in [3.63, 3.8) is 0 Å². The van der Waals surface area contributed by atoms with Crippen LogP contribution in [0.1, 0.15) is 37.0 Å². The predicted molar refractivity (Wildman–Crippen MR) is 132 cm³/mol. The summed E-state index contributed by atoms with van der Waals surface area (Å²) < 4.78 is 0.603. The molecular weight excluding hydrogens is 470 g/mol. The first kappa shape index (κ1) is 23.7. The van der Waals surface area contributed by atoms with Crippen molar-refractivity contribution >= 4 is 51.2 Å². The second-order valence-corrected chi connectivity index (χ2v) is 9.40. The second-order valence-electron chi connectivity index (χ2n) is 8.54. The summed E-state index contributed by atoms with van der Waals surface area (Å²) in [6.07, 6.45) is 2.61. The van der Waals surface area contributed by atoms with Gasteiger partial charge in [-0.25, -0.2) is 9.69 Å². The quantitative estimate of drug-likeness (QED) is 0.438. The van der Waals surface area contributed by atoms with Crippen LogP contribution in [-0.2, 0) is 9.59 Å². The number of urea groups is 1. The van der Waals surface area contributed by atoms with Gasteiger partial charge in [0.1, 0.15) is 5.57 Å². The molecule has 3 rings (SSSR count). The molecule has 1 aliphatic rings. The summed E-state index contributed by atoms with van der Waals surface area (Å²) in [6.45, 7) is 9.18. The minimum atomic E-state index is -0.761. The number of benzene rings is 2. The summed E-state index contributed by atoms with van der Waals surface area (Å²) in [5, 5.41) is 2.28. The zero-order valence-corrected chi connectivity index (χ0v) is 20.6. The Hall–Kier alpha value is -2.93. The number of nitrogens with zero attached hydrogens (tertiary/aromatic N) is 2. The normalized spacial score (nSPS) is 15.5. The third-order valence-corrected chi connectivity index (χ3v) is 6.23. The number of imide groups is 2. The van der Waals surface area contributed by atoms with E-state index in [-0.39, 0.29) is 5.57 Å². The van der Waals surface area contributed by atoms with Crippen LogP contribution in [0.15, 0.2) is 46.4 Å². The highest BCUT2D eigenvalue weighted by Gasteiger charge is 2.37. The zero-order valence-electron chi connectivity index (χ0n) is 19.0. The topological polar surface area (TPSA) is 69.7 Å². The van der Waals surface area contributed by atoms with Gasteiger partial charge in [0.05, 0.1) is 5.69 Å². The number of carbonyl (C=O) groups excluding carboxylic acids is 3. The Bertz CT molecular complexity index is 1090. The third-order valence-electron chi connectivity index (χ3n) is 5.59. The molecule has 2 aromatic carbocycles. The van der Waals surface area contributed by atoms with E-state index >= 15 is 0 Å². The average molecular weight is 498 g/mol. The van der Waals surface area contributed by atoms with Gasteiger partial charge in [-0.3, -0.25) is 14.9 Å². The van der Waals surface area contributed by atoms with Crippen molar-refractivity contribution < 1.29 is 14.4 Å². The standard InChI is InChI=1S/C25H28BrN3O3/c1-15(2)10-11-28(5)19-8-6-18(7-9-19)14-20-23(30)27-25(32)29(24(20)31)22-13-17(4)16(3)12-21(22)26/h6-9,12-15H,10-11H2,1-5H3,(H,27,30,32)/b20-14-. The van der Waals surface area contributed by atoms with Gasteiger partial charge >= 0.3 is 6.03 Å². The third kappa shape index (κ3) is 5.10. The molecule has 2 aromatic rings. The van der Waals surface area contributed by atoms with Gasteiger partial charge < -0.3 is 4.90 Å². The van der Waals surface area contributed by atoms with Gasteiger partial charge in [0.2, 0.25) is 0 Å². The van der Waals surface area contributed by atoms with Crippen LogP contribution < -0.4 is 15.1 Å². The monoisotopic (exact) mass is 497 g/mol. The van der Waals surface area contributed by atoms with Crippen LogP contribution >= 0.6 is 15.9 Å². The van der Waals surface area contributed by atoms with E-state index in [2.05, 4.69) is 40.0 Å². The minimum absolute atomic E-state index is 0.0874. The number of hydrogen-bond donors (Lipinski definition) is 1.